The third kappa shape index (κ3) is 1.50. The number of hydrogen-bond acceptors (Lipinski definition) is 4. The van der Waals surface area contributed by atoms with Crippen LogP contribution in [0.1, 0.15) is 10.4 Å². The summed E-state index contributed by atoms with van der Waals surface area (Å²) in [6.45, 7) is 0. The average Bonchev–Trinajstić information content (AvgIpc) is 2.50. The largest absolute Gasteiger partial charge is 0.586 e. The summed E-state index contributed by atoms with van der Waals surface area (Å²) < 4.78 is 38.6. The molecule has 16 heavy (non-hydrogen) atoms. The van der Waals surface area contributed by atoms with Crippen molar-refractivity contribution < 1.29 is 32.9 Å². The van der Waals surface area contributed by atoms with Crippen LogP contribution in [0.4, 0.5) is 8.78 Å². The van der Waals surface area contributed by atoms with E-state index in [4.69, 9.17) is 9.84 Å². The van der Waals surface area contributed by atoms with Gasteiger partial charge in [-0.05, 0) is 12.1 Å². The molecule has 1 aromatic rings. The molecule has 0 saturated heterocycles. The first-order valence-electron chi connectivity index (χ1n) is 4.15. The van der Waals surface area contributed by atoms with Crippen LogP contribution >= 0.6 is 0 Å². The van der Waals surface area contributed by atoms with E-state index in [2.05, 4.69) is 9.47 Å². The second kappa shape index (κ2) is 3.22. The number of carboxylic acids is 1. The van der Waals surface area contributed by atoms with Crippen LogP contribution in [-0.2, 0) is 0 Å². The molecule has 1 N–H and O–H groups in total. The van der Waals surface area contributed by atoms with Gasteiger partial charge in [-0.25, -0.2) is 4.79 Å². The highest BCUT2D eigenvalue weighted by atomic mass is 19.3. The van der Waals surface area contributed by atoms with Crippen LogP contribution in [0.2, 0.25) is 0 Å². The van der Waals surface area contributed by atoms with E-state index in [0.717, 1.165) is 6.07 Å². The van der Waals surface area contributed by atoms with E-state index < -0.39 is 29.3 Å². The van der Waals surface area contributed by atoms with Crippen LogP contribution in [0.25, 0.3) is 0 Å². The normalized spacial score (nSPS) is 15.9. The molecule has 0 bridgehead atoms. The standard InChI is InChI=1S/C9H6F2O5/c1-14-5-3-2-4(8(12)13)6-7(5)16-9(10,11)15-6/h2-3H,1H3,(H,12,13). The minimum Gasteiger partial charge on any atom is -0.493 e. The van der Waals surface area contributed by atoms with Crippen LogP contribution in [0.5, 0.6) is 17.2 Å². The summed E-state index contributed by atoms with van der Waals surface area (Å²) in [4.78, 5) is 10.8. The molecule has 7 heteroatoms. The SMILES string of the molecule is COc1ccc(C(=O)O)c2c1OC(F)(F)O2. The van der Waals surface area contributed by atoms with Crippen molar-refractivity contribution in [3.63, 3.8) is 0 Å². The van der Waals surface area contributed by atoms with Gasteiger partial charge in [0.25, 0.3) is 0 Å². The van der Waals surface area contributed by atoms with Crippen LogP contribution in [0.15, 0.2) is 12.1 Å². The number of methoxy groups -OCH3 is 1. The summed E-state index contributed by atoms with van der Waals surface area (Å²) in [7, 11) is 1.25. The molecule has 0 saturated carbocycles. The van der Waals surface area contributed by atoms with Gasteiger partial charge < -0.3 is 19.3 Å². The van der Waals surface area contributed by atoms with E-state index in [-0.39, 0.29) is 5.75 Å². The number of halogens is 2. The molecule has 5 nitrogen and oxygen atoms in total. The van der Waals surface area contributed by atoms with E-state index in [1.807, 2.05) is 0 Å². The summed E-state index contributed by atoms with van der Waals surface area (Å²) in [5, 5.41) is 8.76. The number of ether oxygens (including phenoxy) is 3. The number of hydrogen-bond donors (Lipinski definition) is 1. The van der Waals surface area contributed by atoms with E-state index in [1.54, 1.807) is 0 Å². The predicted octanol–water partition coefficient (Wildman–Crippen LogP) is 1.71. The van der Waals surface area contributed by atoms with Crippen molar-refractivity contribution in [2.75, 3.05) is 7.11 Å². The third-order valence-corrected chi connectivity index (χ3v) is 1.97. The van der Waals surface area contributed by atoms with Gasteiger partial charge in [-0.3, -0.25) is 0 Å². The third-order valence-electron chi connectivity index (χ3n) is 1.97. The maximum atomic E-state index is 12.8. The second-order valence-electron chi connectivity index (χ2n) is 2.95. The predicted molar refractivity (Wildman–Crippen MR) is 46.2 cm³/mol. The van der Waals surface area contributed by atoms with Gasteiger partial charge in [-0.1, -0.05) is 0 Å². The fourth-order valence-corrected chi connectivity index (χ4v) is 1.33. The van der Waals surface area contributed by atoms with Crippen molar-refractivity contribution >= 4 is 5.97 Å². The molecule has 1 aliphatic rings. The van der Waals surface area contributed by atoms with Gasteiger partial charge in [-0.15, -0.1) is 8.78 Å². The first-order chi connectivity index (χ1) is 7.44. The zero-order chi connectivity index (χ0) is 11.9. The number of fused-ring (bicyclic) bond motifs is 1. The molecule has 2 rings (SSSR count). The number of carbonyl (C=O) groups is 1. The zero-order valence-corrected chi connectivity index (χ0v) is 7.99. The highest BCUT2D eigenvalue weighted by Gasteiger charge is 2.47. The molecule has 0 aliphatic carbocycles. The molecule has 0 radical (unpaired) electrons. The van der Waals surface area contributed by atoms with E-state index >= 15 is 0 Å². The van der Waals surface area contributed by atoms with Crippen LogP contribution in [0, 0.1) is 0 Å². The fourth-order valence-electron chi connectivity index (χ4n) is 1.33. The van der Waals surface area contributed by atoms with Crippen molar-refractivity contribution in [2.45, 2.75) is 6.29 Å². The molecular formula is C9H6F2O5. The van der Waals surface area contributed by atoms with Crippen molar-refractivity contribution in [2.24, 2.45) is 0 Å². The van der Waals surface area contributed by atoms with Gasteiger partial charge in [0, 0.05) is 0 Å². The lowest BCUT2D eigenvalue weighted by Crippen LogP contribution is -2.26. The van der Waals surface area contributed by atoms with Crippen molar-refractivity contribution in [1.29, 1.82) is 0 Å². The lowest BCUT2D eigenvalue weighted by molar-refractivity contribution is -0.287. The first kappa shape index (κ1) is 10.5. The number of alkyl halides is 2. The van der Waals surface area contributed by atoms with Crippen molar-refractivity contribution in [3.8, 4) is 17.2 Å². The minimum atomic E-state index is -3.87. The number of rotatable bonds is 2. The lowest BCUT2D eigenvalue weighted by Gasteiger charge is -2.05. The van der Waals surface area contributed by atoms with Crippen LogP contribution < -0.4 is 14.2 Å². The Hall–Kier alpha value is -2.05. The topological polar surface area (TPSA) is 65.0 Å². The van der Waals surface area contributed by atoms with Crippen LogP contribution in [0.3, 0.4) is 0 Å². The second-order valence-corrected chi connectivity index (χ2v) is 2.95. The Balaban J connectivity index is 2.59. The maximum Gasteiger partial charge on any atom is 0.586 e. The Labute approximate surface area is 88.1 Å². The molecule has 1 heterocycles. The number of benzene rings is 1. The molecule has 1 aromatic carbocycles. The summed E-state index contributed by atoms with van der Waals surface area (Å²) in [5.41, 5.74) is -0.409. The molecular weight excluding hydrogens is 226 g/mol. The maximum absolute atomic E-state index is 12.8. The molecule has 0 atom stereocenters. The van der Waals surface area contributed by atoms with E-state index in [1.165, 1.54) is 13.2 Å². The summed E-state index contributed by atoms with van der Waals surface area (Å²) in [5.74, 6) is -2.35. The van der Waals surface area contributed by atoms with Crippen molar-refractivity contribution in [3.05, 3.63) is 17.7 Å². The average molecular weight is 232 g/mol. The molecule has 0 unspecified atom stereocenters. The molecule has 1 aliphatic heterocycles. The lowest BCUT2D eigenvalue weighted by atomic mass is 10.2. The van der Waals surface area contributed by atoms with Gasteiger partial charge in [-0.2, -0.15) is 0 Å². The number of aromatic carboxylic acids is 1. The Kier molecular flexibility index (Phi) is 2.11. The van der Waals surface area contributed by atoms with Crippen molar-refractivity contribution in [1.82, 2.24) is 0 Å². The van der Waals surface area contributed by atoms with Gasteiger partial charge in [0.15, 0.2) is 11.5 Å². The fraction of sp³-hybridized carbons (Fsp3) is 0.222. The highest BCUT2D eigenvalue weighted by Crippen LogP contribution is 2.48. The molecule has 0 aromatic heterocycles. The molecule has 0 amide bonds. The van der Waals surface area contributed by atoms with Gasteiger partial charge in [0.1, 0.15) is 5.56 Å². The van der Waals surface area contributed by atoms with Gasteiger partial charge >= 0.3 is 12.3 Å². The zero-order valence-electron chi connectivity index (χ0n) is 7.99. The Morgan fingerprint density at radius 2 is 2.00 bits per heavy atom. The van der Waals surface area contributed by atoms with Crippen LogP contribution in [-0.4, -0.2) is 24.5 Å². The Morgan fingerprint density at radius 1 is 1.38 bits per heavy atom. The first-order valence-corrected chi connectivity index (χ1v) is 4.15. The molecule has 86 valence electrons. The minimum absolute atomic E-state index is 0.0165. The Morgan fingerprint density at radius 3 is 2.56 bits per heavy atom. The van der Waals surface area contributed by atoms with E-state index in [9.17, 15) is 13.6 Å². The molecule has 0 spiro atoms. The Bertz CT molecular complexity index is 457. The molecule has 0 fully saturated rings. The smallest absolute Gasteiger partial charge is 0.493 e. The van der Waals surface area contributed by atoms with Gasteiger partial charge in [0.05, 0.1) is 7.11 Å². The monoisotopic (exact) mass is 232 g/mol. The van der Waals surface area contributed by atoms with Gasteiger partial charge in [0.2, 0.25) is 5.75 Å². The quantitative estimate of drug-likeness (QED) is 0.840. The summed E-state index contributed by atoms with van der Waals surface area (Å²) >= 11 is 0. The number of carboxylic acid groups (broad SMARTS) is 1. The summed E-state index contributed by atoms with van der Waals surface area (Å²) in [6, 6.07) is 2.32. The van der Waals surface area contributed by atoms with E-state index in [0.29, 0.717) is 0 Å². The summed E-state index contributed by atoms with van der Waals surface area (Å²) in [6.07, 6.45) is -3.87. The highest BCUT2D eigenvalue weighted by molar-refractivity contribution is 5.93.